The van der Waals surface area contributed by atoms with Gasteiger partial charge in [0.05, 0.1) is 12.2 Å². The average molecular weight is 268 g/mol. The highest BCUT2D eigenvalue weighted by Gasteiger charge is 2.17. The second-order valence-corrected chi connectivity index (χ2v) is 5.15. The minimum absolute atomic E-state index is 0.752. The summed E-state index contributed by atoms with van der Waals surface area (Å²) in [7, 11) is 0. The lowest BCUT2D eigenvalue weighted by atomic mass is 10.1. The molecule has 2 aromatic carbocycles. The molecular formula is C17H20N2O. The third-order valence-corrected chi connectivity index (χ3v) is 3.68. The molecule has 0 saturated heterocycles. The lowest BCUT2D eigenvalue weighted by Crippen LogP contribution is -2.33. The van der Waals surface area contributed by atoms with Crippen LogP contribution in [0.2, 0.25) is 0 Å². The first-order valence-corrected chi connectivity index (χ1v) is 7.14. The molecule has 0 aliphatic carbocycles. The molecule has 20 heavy (non-hydrogen) atoms. The fourth-order valence-electron chi connectivity index (χ4n) is 2.64. The van der Waals surface area contributed by atoms with Crippen molar-refractivity contribution < 1.29 is 4.74 Å². The summed E-state index contributed by atoms with van der Waals surface area (Å²) in [6.07, 6.45) is 2.24. The van der Waals surface area contributed by atoms with E-state index < -0.39 is 0 Å². The fourth-order valence-corrected chi connectivity index (χ4v) is 2.64. The molecule has 2 aromatic rings. The van der Waals surface area contributed by atoms with Crippen molar-refractivity contribution >= 4 is 11.4 Å². The molecule has 3 rings (SSSR count). The number of nitrogens with two attached hydrogens (primary N) is 1. The standard InChI is InChI=1S/C17H20N2O/c18-15-8-9-17-16(13-15)19(11-12-20-17)10-4-7-14-5-2-1-3-6-14/h1-3,5-6,8-9,13H,4,7,10-12,18H2. The third kappa shape index (κ3) is 2.87. The van der Waals surface area contributed by atoms with Gasteiger partial charge in [0.15, 0.2) is 0 Å². The summed E-state index contributed by atoms with van der Waals surface area (Å²) in [6, 6.07) is 16.5. The highest BCUT2D eigenvalue weighted by molar-refractivity contribution is 5.65. The number of rotatable bonds is 4. The fraction of sp³-hybridized carbons (Fsp3) is 0.294. The number of benzene rings is 2. The summed E-state index contributed by atoms with van der Waals surface area (Å²) >= 11 is 0. The molecule has 0 spiro atoms. The highest BCUT2D eigenvalue weighted by atomic mass is 16.5. The Morgan fingerprint density at radius 2 is 1.95 bits per heavy atom. The molecule has 0 unspecified atom stereocenters. The molecule has 104 valence electrons. The Balaban J connectivity index is 1.63. The van der Waals surface area contributed by atoms with E-state index in [1.807, 2.05) is 18.2 Å². The smallest absolute Gasteiger partial charge is 0.142 e. The molecule has 0 aromatic heterocycles. The predicted octanol–water partition coefficient (Wildman–Crippen LogP) is 3.10. The molecule has 0 bridgehead atoms. The maximum atomic E-state index is 5.88. The number of nitrogens with zero attached hydrogens (tertiary/aromatic N) is 1. The number of fused-ring (bicyclic) bond motifs is 1. The molecule has 0 amide bonds. The Labute approximate surface area is 120 Å². The second-order valence-electron chi connectivity index (χ2n) is 5.15. The Morgan fingerprint density at radius 3 is 2.80 bits per heavy atom. The first-order chi connectivity index (χ1) is 9.83. The Hall–Kier alpha value is -2.16. The van der Waals surface area contributed by atoms with E-state index in [9.17, 15) is 0 Å². The number of hydrogen-bond acceptors (Lipinski definition) is 3. The molecule has 2 N–H and O–H groups in total. The van der Waals surface area contributed by atoms with Crippen LogP contribution in [-0.2, 0) is 6.42 Å². The molecule has 1 aliphatic rings. The van der Waals surface area contributed by atoms with Gasteiger partial charge in [-0.15, -0.1) is 0 Å². The van der Waals surface area contributed by atoms with E-state index in [4.69, 9.17) is 10.5 Å². The van der Waals surface area contributed by atoms with Gasteiger partial charge in [-0.2, -0.15) is 0 Å². The van der Waals surface area contributed by atoms with Gasteiger partial charge in [-0.25, -0.2) is 0 Å². The summed E-state index contributed by atoms with van der Waals surface area (Å²) in [4.78, 5) is 2.37. The van der Waals surface area contributed by atoms with E-state index in [1.54, 1.807) is 0 Å². The lowest BCUT2D eigenvalue weighted by Gasteiger charge is -2.31. The van der Waals surface area contributed by atoms with Crippen LogP contribution in [0.1, 0.15) is 12.0 Å². The van der Waals surface area contributed by atoms with Crippen LogP contribution in [0.15, 0.2) is 48.5 Å². The van der Waals surface area contributed by atoms with Gasteiger partial charge >= 0.3 is 0 Å². The summed E-state index contributed by atoms with van der Waals surface area (Å²) < 4.78 is 5.68. The number of ether oxygens (including phenoxy) is 1. The Kier molecular flexibility index (Phi) is 3.77. The molecule has 0 radical (unpaired) electrons. The van der Waals surface area contributed by atoms with Crippen molar-refractivity contribution in [1.82, 2.24) is 0 Å². The third-order valence-electron chi connectivity index (χ3n) is 3.68. The minimum Gasteiger partial charge on any atom is -0.490 e. The van der Waals surface area contributed by atoms with E-state index in [0.29, 0.717) is 0 Å². The normalized spacial score (nSPS) is 13.7. The molecule has 1 aliphatic heterocycles. The van der Waals surface area contributed by atoms with Gasteiger partial charge in [-0.1, -0.05) is 30.3 Å². The monoisotopic (exact) mass is 268 g/mol. The number of anilines is 2. The van der Waals surface area contributed by atoms with E-state index >= 15 is 0 Å². The van der Waals surface area contributed by atoms with Gasteiger partial charge in [0, 0.05) is 12.2 Å². The summed E-state index contributed by atoms with van der Waals surface area (Å²) in [5.41, 5.74) is 9.20. The summed E-state index contributed by atoms with van der Waals surface area (Å²) in [5, 5.41) is 0. The van der Waals surface area contributed by atoms with Crippen molar-refractivity contribution in [3.63, 3.8) is 0 Å². The van der Waals surface area contributed by atoms with Gasteiger partial charge < -0.3 is 15.4 Å². The topological polar surface area (TPSA) is 38.5 Å². The van der Waals surface area contributed by atoms with Crippen LogP contribution in [0.5, 0.6) is 5.75 Å². The van der Waals surface area contributed by atoms with Gasteiger partial charge in [-0.05, 0) is 36.6 Å². The molecule has 3 heteroatoms. The second kappa shape index (κ2) is 5.87. The van der Waals surface area contributed by atoms with E-state index in [1.165, 1.54) is 5.56 Å². The molecule has 0 atom stereocenters. The van der Waals surface area contributed by atoms with Crippen molar-refractivity contribution in [3.05, 3.63) is 54.1 Å². The van der Waals surface area contributed by atoms with E-state index in [2.05, 4.69) is 35.2 Å². The largest absolute Gasteiger partial charge is 0.490 e. The van der Waals surface area contributed by atoms with Gasteiger partial charge in [0.25, 0.3) is 0 Å². The summed E-state index contributed by atoms with van der Waals surface area (Å²) in [5.74, 6) is 0.949. The van der Waals surface area contributed by atoms with Crippen LogP contribution >= 0.6 is 0 Å². The average Bonchev–Trinajstić information content (AvgIpc) is 2.49. The van der Waals surface area contributed by atoms with Crippen molar-refractivity contribution in [2.75, 3.05) is 30.3 Å². The number of nitrogen functional groups attached to an aromatic ring is 1. The van der Waals surface area contributed by atoms with E-state index in [0.717, 1.165) is 49.7 Å². The van der Waals surface area contributed by atoms with Gasteiger partial charge in [-0.3, -0.25) is 0 Å². The Bertz CT molecular complexity index is 568. The number of hydrogen-bond donors (Lipinski definition) is 1. The van der Waals surface area contributed by atoms with Crippen LogP contribution < -0.4 is 15.4 Å². The Morgan fingerprint density at radius 1 is 1.10 bits per heavy atom. The number of aryl methyl sites for hydroxylation is 1. The molecule has 0 fully saturated rings. The predicted molar refractivity (Wildman–Crippen MR) is 83.3 cm³/mol. The maximum Gasteiger partial charge on any atom is 0.142 e. The van der Waals surface area contributed by atoms with E-state index in [-0.39, 0.29) is 0 Å². The molecule has 3 nitrogen and oxygen atoms in total. The maximum absolute atomic E-state index is 5.88. The van der Waals surface area contributed by atoms with Crippen molar-refractivity contribution in [2.24, 2.45) is 0 Å². The van der Waals surface area contributed by atoms with Crippen molar-refractivity contribution in [3.8, 4) is 5.75 Å². The van der Waals surface area contributed by atoms with Crippen molar-refractivity contribution in [1.29, 1.82) is 0 Å². The van der Waals surface area contributed by atoms with Gasteiger partial charge in [0.1, 0.15) is 12.4 Å². The molecule has 1 heterocycles. The zero-order valence-electron chi connectivity index (χ0n) is 11.6. The molecule has 0 saturated carbocycles. The quantitative estimate of drug-likeness (QED) is 0.866. The highest BCUT2D eigenvalue weighted by Crippen LogP contribution is 2.33. The first kappa shape index (κ1) is 12.9. The van der Waals surface area contributed by atoms with Crippen LogP contribution in [0.25, 0.3) is 0 Å². The van der Waals surface area contributed by atoms with Crippen LogP contribution in [0, 0.1) is 0 Å². The van der Waals surface area contributed by atoms with Gasteiger partial charge in [0.2, 0.25) is 0 Å². The molecular weight excluding hydrogens is 248 g/mol. The SMILES string of the molecule is Nc1ccc2c(c1)N(CCCc1ccccc1)CCO2. The lowest BCUT2D eigenvalue weighted by molar-refractivity contribution is 0.307. The zero-order valence-corrected chi connectivity index (χ0v) is 11.6. The summed E-state index contributed by atoms with van der Waals surface area (Å²) in [6.45, 7) is 2.72. The van der Waals surface area contributed by atoms with Crippen molar-refractivity contribution in [2.45, 2.75) is 12.8 Å². The van der Waals surface area contributed by atoms with Crippen LogP contribution in [-0.4, -0.2) is 19.7 Å². The first-order valence-electron chi connectivity index (χ1n) is 7.14. The zero-order chi connectivity index (χ0) is 13.8. The van der Waals surface area contributed by atoms with Crippen LogP contribution in [0.4, 0.5) is 11.4 Å². The minimum atomic E-state index is 0.752. The van der Waals surface area contributed by atoms with Crippen LogP contribution in [0.3, 0.4) is 0 Å².